The maximum Gasteiger partial charge on any atom is 0.0665 e. The summed E-state index contributed by atoms with van der Waals surface area (Å²) in [6.45, 7) is 0. The van der Waals surface area contributed by atoms with Gasteiger partial charge in [-0.25, -0.2) is 0 Å². The molecule has 2 heteroatoms. The average Bonchev–Trinajstić information content (AvgIpc) is 2.70. The molecule has 0 aromatic heterocycles. The van der Waals surface area contributed by atoms with Crippen LogP contribution in [0.2, 0.25) is 0 Å². The van der Waals surface area contributed by atoms with Crippen LogP contribution in [0, 0.1) is 40.9 Å². The van der Waals surface area contributed by atoms with Gasteiger partial charge >= 0.3 is 0 Å². The van der Waals surface area contributed by atoms with E-state index < -0.39 is 0 Å². The van der Waals surface area contributed by atoms with Gasteiger partial charge < -0.3 is 0 Å². The van der Waals surface area contributed by atoms with Gasteiger partial charge in [0, 0.05) is 11.3 Å². The molecule has 2 fully saturated rings. The Hall–Kier alpha value is -0.480. The van der Waals surface area contributed by atoms with E-state index >= 15 is 0 Å². The monoisotopic (exact) mass is 165 g/mol. The maximum atomic E-state index is 8.86. The van der Waals surface area contributed by atoms with E-state index in [2.05, 4.69) is 18.2 Å². The van der Waals surface area contributed by atoms with E-state index in [1.807, 2.05) is 0 Å². The van der Waals surface area contributed by atoms with Gasteiger partial charge in [0.1, 0.15) is 0 Å². The summed E-state index contributed by atoms with van der Waals surface area (Å²) in [4.78, 5) is 0. The summed E-state index contributed by atoms with van der Waals surface area (Å²) in [5.74, 6) is 2.53. The highest BCUT2D eigenvalue weighted by molar-refractivity contribution is 6.21. The molecule has 2 saturated carbocycles. The molecule has 1 nitrogen and oxygen atoms in total. The molecule has 0 N–H and O–H groups in total. The third-order valence-corrected chi connectivity index (χ3v) is 4.04. The zero-order chi connectivity index (χ0) is 7.59. The first kappa shape index (κ1) is 6.08. The number of nitriles is 1. The standard InChI is InChI=1S/C9H8ClN/c10-9-4-1-2-5-7(8(5)9)6(4)3-11/h1-2,4-9H. The lowest BCUT2D eigenvalue weighted by molar-refractivity contribution is 0.440. The molecule has 4 rings (SSSR count). The van der Waals surface area contributed by atoms with Crippen LogP contribution in [0.3, 0.4) is 0 Å². The molecule has 4 aliphatic rings. The number of rotatable bonds is 0. The van der Waals surface area contributed by atoms with Crippen LogP contribution in [0.4, 0.5) is 0 Å². The number of nitrogens with zero attached hydrogens (tertiary/aromatic N) is 1. The van der Waals surface area contributed by atoms with E-state index in [-0.39, 0.29) is 11.3 Å². The molecule has 0 saturated heterocycles. The van der Waals surface area contributed by atoms with Crippen molar-refractivity contribution in [3.8, 4) is 6.07 Å². The molecule has 0 aromatic carbocycles. The molecule has 6 unspecified atom stereocenters. The first-order chi connectivity index (χ1) is 5.34. The highest BCUT2D eigenvalue weighted by Gasteiger charge is 2.67. The molecule has 11 heavy (non-hydrogen) atoms. The van der Waals surface area contributed by atoms with Crippen molar-refractivity contribution in [1.29, 1.82) is 5.26 Å². The summed E-state index contributed by atoms with van der Waals surface area (Å²) in [5, 5.41) is 9.12. The second-order valence-corrected chi connectivity index (χ2v) is 4.30. The predicted molar refractivity (Wildman–Crippen MR) is 41.8 cm³/mol. The van der Waals surface area contributed by atoms with E-state index in [9.17, 15) is 0 Å². The first-order valence-corrected chi connectivity index (χ1v) is 4.50. The lowest BCUT2D eigenvalue weighted by atomic mass is 9.84. The quantitative estimate of drug-likeness (QED) is 0.397. The topological polar surface area (TPSA) is 23.8 Å². The van der Waals surface area contributed by atoms with E-state index in [0.29, 0.717) is 23.7 Å². The van der Waals surface area contributed by atoms with E-state index in [0.717, 1.165) is 0 Å². The van der Waals surface area contributed by atoms with Crippen molar-refractivity contribution < 1.29 is 0 Å². The highest BCUT2D eigenvalue weighted by Crippen LogP contribution is 2.67. The van der Waals surface area contributed by atoms with Crippen LogP contribution in [0.1, 0.15) is 0 Å². The minimum atomic E-state index is 0.234. The summed E-state index contributed by atoms with van der Waals surface area (Å²) < 4.78 is 0. The van der Waals surface area contributed by atoms with Crippen molar-refractivity contribution in [3.05, 3.63) is 12.2 Å². The van der Waals surface area contributed by atoms with Crippen molar-refractivity contribution in [2.75, 3.05) is 0 Å². The van der Waals surface area contributed by atoms with Crippen LogP contribution >= 0.6 is 11.6 Å². The second-order valence-electron chi connectivity index (χ2n) is 3.79. The third kappa shape index (κ3) is 0.509. The normalized spacial score (nSPS) is 62.5. The SMILES string of the molecule is N#CC1C2C=CC3C(C2Cl)C13. The Morgan fingerprint density at radius 2 is 1.91 bits per heavy atom. The first-order valence-electron chi connectivity index (χ1n) is 4.06. The molecule has 4 aliphatic carbocycles. The summed E-state index contributed by atoms with van der Waals surface area (Å²) in [5.41, 5.74) is 0. The minimum absolute atomic E-state index is 0.234. The molecule has 56 valence electrons. The lowest BCUT2D eigenvalue weighted by Gasteiger charge is -2.22. The number of hydrogen-bond donors (Lipinski definition) is 0. The van der Waals surface area contributed by atoms with Gasteiger partial charge in [-0.15, -0.1) is 11.6 Å². The van der Waals surface area contributed by atoms with Crippen molar-refractivity contribution in [1.82, 2.24) is 0 Å². The fraction of sp³-hybridized carbons (Fsp3) is 0.667. The van der Waals surface area contributed by atoms with Crippen LogP contribution in [-0.2, 0) is 0 Å². The average molecular weight is 166 g/mol. The van der Waals surface area contributed by atoms with Gasteiger partial charge in [0.25, 0.3) is 0 Å². The molecule has 0 spiro atoms. The van der Waals surface area contributed by atoms with Crippen LogP contribution < -0.4 is 0 Å². The second kappa shape index (κ2) is 1.64. The van der Waals surface area contributed by atoms with Gasteiger partial charge in [-0.1, -0.05) is 12.2 Å². The number of allylic oxidation sites excluding steroid dienone is 2. The van der Waals surface area contributed by atoms with Gasteiger partial charge in [0.05, 0.1) is 12.0 Å². The highest BCUT2D eigenvalue weighted by atomic mass is 35.5. The molecule has 0 aliphatic heterocycles. The van der Waals surface area contributed by atoms with E-state index in [4.69, 9.17) is 16.9 Å². The number of hydrogen-bond acceptors (Lipinski definition) is 1. The maximum absolute atomic E-state index is 8.86. The predicted octanol–water partition coefficient (Wildman–Crippen LogP) is 1.80. The third-order valence-electron chi connectivity index (χ3n) is 3.46. The number of alkyl halides is 1. The van der Waals surface area contributed by atoms with Crippen molar-refractivity contribution >= 4 is 11.6 Å². The molecule has 0 aromatic rings. The summed E-state index contributed by atoms with van der Waals surface area (Å²) in [7, 11) is 0. The molecule has 6 atom stereocenters. The van der Waals surface area contributed by atoms with Gasteiger partial charge in [0.15, 0.2) is 0 Å². The van der Waals surface area contributed by atoms with Crippen molar-refractivity contribution in [2.45, 2.75) is 5.38 Å². The van der Waals surface area contributed by atoms with Crippen LogP contribution in [0.15, 0.2) is 12.2 Å². The molecule has 0 radical (unpaired) electrons. The smallest absolute Gasteiger partial charge is 0.0665 e. The molecule has 4 bridgehead atoms. The fourth-order valence-corrected chi connectivity index (χ4v) is 3.49. The van der Waals surface area contributed by atoms with Crippen molar-refractivity contribution in [3.63, 3.8) is 0 Å². The Morgan fingerprint density at radius 3 is 2.27 bits per heavy atom. The van der Waals surface area contributed by atoms with E-state index in [1.54, 1.807) is 0 Å². The van der Waals surface area contributed by atoms with Gasteiger partial charge in [-0.3, -0.25) is 0 Å². The zero-order valence-corrected chi connectivity index (χ0v) is 6.70. The Labute approximate surface area is 70.6 Å². The molecule has 0 amide bonds. The summed E-state index contributed by atoms with van der Waals surface area (Å²) in [6.07, 6.45) is 4.41. The Kier molecular flexibility index (Phi) is 0.908. The number of halogens is 1. The van der Waals surface area contributed by atoms with Gasteiger partial charge in [-0.05, 0) is 17.8 Å². The van der Waals surface area contributed by atoms with E-state index in [1.165, 1.54) is 0 Å². The Morgan fingerprint density at radius 1 is 1.18 bits per heavy atom. The molecule has 0 heterocycles. The molecular formula is C9H8ClN. The van der Waals surface area contributed by atoms with Crippen LogP contribution in [-0.4, -0.2) is 5.38 Å². The largest absolute Gasteiger partial charge is 0.198 e. The van der Waals surface area contributed by atoms with Crippen LogP contribution in [0.5, 0.6) is 0 Å². The molecular weight excluding hydrogens is 158 g/mol. The van der Waals surface area contributed by atoms with Crippen molar-refractivity contribution in [2.24, 2.45) is 29.6 Å². The summed E-state index contributed by atoms with van der Waals surface area (Å²) in [6, 6.07) is 2.38. The minimum Gasteiger partial charge on any atom is -0.198 e. The van der Waals surface area contributed by atoms with Gasteiger partial charge in [-0.2, -0.15) is 5.26 Å². The van der Waals surface area contributed by atoms with Gasteiger partial charge in [0.2, 0.25) is 0 Å². The Bertz CT molecular complexity index is 278. The lowest BCUT2D eigenvalue weighted by Crippen LogP contribution is -2.22. The fourth-order valence-electron chi connectivity index (χ4n) is 2.91. The van der Waals surface area contributed by atoms with Crippen LogP contribution in [0.25, 0.3) is 0 Å². The zero-order valence-electron chi connectivity index (χ0n) is 5.94. The Balaban J connectivity index is 2.08. The summed E-state index contributed by atoms with van der Waals surface area (Å²) >= 11 is 6.17.